The van der Waals surface area contributed by atoms with Gasteiger partial charge in [0.25, 0.3) is 0 Å². The summed E-state index contributed by atoms with van der Waals surface area (Å²) in [5.74, 6) is 0. The molecule has 1 aromatic rings. The van der Waals surface area contributed by atoms with Gasteiger partial charge in [-0.25, -0.2) is 0 Å². The summed E-state index contributed by atoms with van der Waals surface area (Å²) in [7, 11) is 0. The molecule has 0 aromatic heterocycles. The molecule has 3 heteroatoms. The van der Waals surface area contributed by atoms with Gasteiger partial charge in [-0.05, 0) is 36.2 Å². The molecule has 68 valence electrons. The number of carbonyl (C=O) groups excluding carboxylic acids is 1. The SMILES string of the molecule is O=Cc1cc(Cl)cc2c1CNCC2. The maximum Gasteiger partial charge on any atom is 0.150 e. The molecule has 1 aliphatic rings. The molecule has 0 atom stereocenters. The molecular weight excluding hydrogens is 186 g/mol. The molecule has 0 radical (unpaired) electrons. The number of benzene rings is 1. The molecule has 0 spiro atoms. The lowest BCUT2D eigenvalue weighted by atomic mass is 9.97. The minimum atomic E-state index is 0.655. The molecule has 0 saturated carbocycles. The van der Waals surface area contributed by atoms with Gasteiger partial charge in [-0.3, -0.25) is 4.79 Å². The zero-order chi connectivity index (χ0) is 9.26. The Labute approximate surface area is 81.9 Å². The van der Waals surface area contributed by atoms with Crippen LogP contribution in [0.5, 0.6) is 0 Å². The Morgan fingerprint density at radius 2 is 2.31 bits per heavy atom. The van der Waals surface area contributed by atoms with Crippen molar-refractivity contribution < 1.29 is 4.79 Å². The molecule has 0 unspecified atom stereocenters. The lowest BCUT2D eigenvalue weighted by molar-refractivity contribution is 0.112. The predicted octanol–water partition coefficient (Wildman–Crippen LogP) is 1.80. The Morgan fingerprint density at radius 3 is 3.08 bits per heavy atom. The van der Waals surface area contributed by atoms with Crippen LogP contribution in [0.2, 0.25) is 5.02 Å². The first-order valence-electron chi connectivity index (χ1n) is 4.28. The fraction of sp³-hybridized carbons (Fsp3) is 0.300. The van der Waals surface area contributed by atoms with E-state index < -0.39 is 0 Å². The van der Waals surface area contributed by atoms with E-state index in [0.29, 0.717) is 5.02 Å². The van der Waals surface area contributed by atoms with Gasteiger partial charge in [0, 0.05) is 17.1 Å². The summed E-state index contributed by atoms with van der Waals surface area (Å²) in [5.41, 5.74) is 3.02. The van der Waals surface area contributed by atoms with Crippen molar-refractivity contribution in [2.24, 2.45) is 0 Å². The zero-order valence-corrected chi connectivity index (χ0v) is 7.90. The molecular formula is C10H10ClNO. The Morgan fingerprint density at radius 1 is 1.46 bits per heavy atom. The van der Waals surface area contributed by atoms with E-state index in [2.05, 4.69) is 5.32 Å². The molecule has 1 N–H and O–H groups in total. The van der Waals surface area contributed by atoms with Crippen molar-refractivity contribution in [3.8, 4) is 0 Å². The first kappa shape index (κ1) is 8.73. The minimum Gasteiger partial charge on any atom is -0.312 e. The van der Waals surface area contributed by atoms with Crippen molar-refractivity contribution in [2.75, 3.05) is 6.54 Å². The highest BCUT2D eigenvalue weighted by molar-refractivity contribution is 6.31. The molecule has 0 fully saturated rings. The summed E-state index contributed by atoms with van der Waals surface area (Å²) in [6, 6.07) is 3.67. The molecule has 1 aromatic carbocycles. The van der Waals surface area contributed by atoms with E-state index in [1.807, 2.05) is 6.07 Å². The Kier molecular flexibility index (Phi) is 2.34. The molecule has 1 aliphatic heterocycles. The van der Waals surface area contributed by atoms with E-state index >= 15 is 0 Å². The van der Waals surface area contributed by atoms with Crippen molar-refractivity contribution in [2.45, 2.75) is 13.0 Å². The van der Waals surface area contributed by atoms with Crippen LogP contribution < -0.4 is 5.32 Å². The van der Waals surface area contributed by atoms with E-state index in [9.17, 15) is 4.79 Å². The van der Waals surface area contributed by atoms with Gasteiger partial charge in [0.05, 0.1) is 0 Å². The van der Waals surface area contributed by atoms with Gasteiger partial charge in [0.15, 0.2) is 0 Å². The van der Waals surface area contributed by atoms with Gasteiger partial charge in [0.1, 0.15) is 6.29 Å². The number of carbonyl (C=O) groups is 1. The van der Waals surface area contributed by atoms with Crippen molar-refractivity contribution in [3.63, 3.8) is 0 Å². The van der Waals surface area contributed by atoms with Crippen LogP contribution in [0.15, 0.2) is 12.1 Å². The van der Waals surface area contributed by atoms with Crippen molar-refractivity contribution in [1.82, 2.24) is 5.32 Å². The fourth-order valence-electron chi connectivity index (χ4n) is 1.70. The molecule has 1 heterocycles. The highest BCUT2D eigenvalue weighted by atomic mass is 35.5. The predicted molar refractivity (Wildman–Crippen MR) is 52.3 cm³/mol. The highest BCUT2D eigenvalue weighted by Gasteiger charge is 2.13. The molecule has 0 bridgehead atoms. The fourth-order valence-corrected chi connectivity index (χ4v) is 1.95. The van der Waals surface area contributed by atoms with E-state index in [1.165, 1.54) is 5.56 Å². The lowest BCUT2D eigenvalue weighted by Crippen LogP contribution is -2.24. The molecule has 2 rings (SSSR count). The highest BCUT2D eigenvalue weighted by Crippen LogP contribution is 2.22. The summed E-state index contributed by atoms with van der Waals surface area (Å²) in [6.45, 7) is 1.74. The molecule has 0 aliphatic carbocycles. The van der Waals surface area contributed by atoms with Crippen LogP contribution in [0.25, 0.3) is 0 Å². The maximum absolute atomic E-state index is 10.7. The number of nitrogens with one attached hydrogen (secondary N) is 1. The smallest absolute Gasteiger partial charge is 0.150 e. The van der Waals surface area contributed by atoms with Gasteiger partial charge in [-0.2, -0.15) is 0 Å². The quantitative estimate of drug-likeness (QED) is 0.693. The van der Waals surface area contributed by atoms with Crippen LogP contribution >= 0.6 is 11.6 Å². The number of fused-ring (bicyclic) bond motifs is 1. The normalized spacial score (nSPS) is 15.2. The average molecular weight is 196 g/mol. The Balaban J connectivity index is 2.56. The first-order chi connectivity index (χ1) is 6.31. The van der Waals surface area contributed by atoms with Crippen molar-refractivity contribution >= 4 is 17.9 Å². The summed E-state index contributed by atoms with van der Waals surface area (Å²) < 4.78 is 0. The van der Waals surface area contributed by atoms with Gasteiger partial charge < -0.3 is 5.32 Å². The van der Waals surface area contributed by atoms with Crippen LogP contribution in [0.1, 0.15) is 21.5 Å². The van der Waals surface area contributed by atoms with Gasteiger partial charge >= 0.3 is 0 Å². The van der Waals surface area contributed by atoms with Gasteiger partial charge in [-0.1, -0.05) is 11.6 Å². The van der Waals surface area contributed by atoms with Crippen LogP contribution in [-0.2, 0) is 13.0 Å². The van der Waals surface area contributed by atoms with Crippen molar-refractivity contribution in [3.05, 3.63) is 33.8 Å². The first-order valence-corrected chi connectivity index (χ1v) is 4.66. The molecule has 0 amide bonds. The van der Waals surface area contributed by atoms with Gasteiger partial charge in [0.2, 0.25) is 0 Å². The third-order valence-electron chi connectivity index (χ3n) is 2.34. The summed E-state index contributed by atoms with van der Waals surface area (Å²) in [4.78, 5) is 10.7. The maximum atomic E-state index is 10.7. The second-order valence-corrected chi connectivity index (χ2v) is 3.61. The van der Waals surface area contributed by atoms with E-state index in [4.69, 9.17) is 11.6 Å². The van der Waals surface area contributed by atoms with Crippen LogP contribution in [0, 0.1) is 0 Å². The number of rotatable bonds is 1. The number of halogens is 1. The number of aldehydes is 1. The summed E-state index contributed by atoms with van der Waals surface area (Å²) >= 11 is 5.88. The second kappa shape index (κ2) is 3.48. The minimum absolute atomic E-state index is 0.655. The second-order valence-electron chi connectivity index (χ2n) is 3.18. The number of hydrogen-bond acceptors (Lipinski definition) is 2. The monoisotopic (exact) mass is 195 g/mol. The molecule has 2 nitrogen and oxygen atoms in total. The molecule has 0 saturated heterocycles. The Hall–Kier alpha value is -0.860. The van der Waals surface area contributed by atoms with E-state index in [0.717, 1.165) is 36.9 Å². The van der Waals surface area contributed by atoms with Crippen molar-refractivity contribution in [1.29, 1.82) is 0 Å². The van der Waals surface area contributed by atoms with Crippen LogP contribution in [0.4, 0.5) is 0 Å². The van der Waals surface area contributed by atoms with E-state index in [1.54, 1.807) is 6.07 Å². The van der Waals surface area contributed by atoms with E-state index in [-0.39, 0.29) is 0 Å². The largest absolute Gasteiger partial charge is 0.312 e. The zero-order valence-electron chi connectivity index (χ0n) is 7.14. The Bertz CT molecular complexity index is 349. The van der Waals surface area contributed by atoms with Crippen LogP contribution in [0.3, 0.4) is 0 Å². The third kappa shape index (κ3) is 1.60. The topological polar surface area (TPSA) is 29.1 Å². The summed E-state index contributed by atoms with van der Waals surface area (Å²) in [5, 5.41) is 3.89. The average Bonchev–Trinajstić information content (AvgIpc) is 2.16. The third-order valence-corrected chi connectivity index (χ3v) is 2.56. The van der Waals surface area contributed by atoms with Crippen LogP contribution in [-0.4, -0.2) is 12.8 Å². The van der Waals surface area contributed by atoms with Gasteiger partial charge in [-0.15, -0.1) is 0 Å². The standard InChI is InChI=1S/C10H10ClNO/c11-9-3-7-1-2-12-5-10(7)8(4-9)6-13/h3-4,6,12H,1-2,5H2. The molecule has 13 heavy (non-hydrogen) atoms. The lowest BCUT2D eigenvalue weighted by Gasteiger charge is -2.18. The number of hydrogen-bond donors (Lipinski definition) is 1. The summed E-state index contributed by atoms with van der Waals surface area (Å²) in [6.07, 6.45) is 1.83.